The van der Waals surface area contributed by atoms with Crippen LogP contribution >= 0.6 is 0 Å². The molecule has 0 aliphatic heterocycles. The van der Waals surface area contributed by atoms with Crippen LogP contribution in [0.1, 0.15) is 19.8 Å². The van der Waals surface area contributed by atoms with Crippen molar-refractivity contribution in [3.63, 3.8) is 0 Å². The van der Waals surface area contributed by atoms with E-state index in [-0.39, 0.29) is 5.97 Å². The van der Waals surface area contributed by atoms with Gasteiger partial charge in [-0.25, -0.2) is 0 Å². The van der Waals surface area contributed by atoms with Gasteiger partial charge in [0.15, 0.2) is 0 Å². The van der Waals surface area contributed by atoms with E-state index in [0.717, 1.165) is 19.4 Å². The third-order valence-electron chi connectivity index (χ3n) is 1.45. The molecule has 4 heteroatoms. The molecular weight excluding hydrogens is 170 g/mol. The lowest BCUT2D eigenvalue weighted by atomic mass is 10.4. The smallest absolute Gasteiger partial charge is 0.319 e. The fourth-order valence-electron chi connectivity index (χ4n) is 0.808. The average molecular weight is 189 g/mol. The Hall–Kier alpha value is -0.610. The topological polar surface area (TPSA) is 47.6 Å². The summed E-state index contributed by atoms with van der Waals surface area (Å²) in [6, 6.07) is 0. The van der Waals surface area contributed by atoms with Crippen LogP contribution in [0, 0.1) is 0 Å². The summed E-state index contributed by atoms with van der Waals surface area (Å²) in [6.07, 6.45) is 1.78. The zero-order chi connectivity index (χ0) is 9.94. The highest BCUT2D eigenvalue weighted by atomic mass is 16.5. The van der Waals surface area contributed by atoms with Crippen molar-refractivity contribution in [2.24, 2.45) is 0 Å². The van der Waals surface area contributed by atoms with E-state index in [2.05, 4.69) is 12.2 Å². The second kappa shape index (κ2) is 9.48. The molecule has 4 nitrogen and oxygen atoms in total. The number of hydrogen-bond acceptors (Lipinski definition) is 4. The highest BCUT2D eigenvalue weighted by molar-refractivity contribution is 5.71. The Morgan fingerprint density at radius 1 is 1.38 bits per heavy atom. The molecule has 0 amide bonds. The van der Waals surface area contributed by atoms with Crippen LogP contribution in [0.2, 0.25) is 0 Å². The van der Waals surface area contributed by atoms with Crippen LogP contribution in [0.3, 0.4) is 0 Å². The first-order valence-corrected chi connectivity index (χ1v) is 4.66. The molecule has 0 saturated heterocycles. The van der Waals surface area contributed by atoms with E-state index in [1.54, 1.807) is 7.11 Å². The second-order valence-corrected chi connectivity index (χ2v) is 2.74. The number of ether oxygens (including phenoxy) is 2. The molecule has 0 saturated carbocycles. The molecule has 0 heterocycles. The van der Waals surface area contributed by atoms with Crippen molar-refractivity contribution in [2.75, 3.05) is 33.4 Å². The number of carbonyl (C=O) groups excluding carboxylic acids is 1. The first kappa shape index (κ1) is 12.4. The zero-order valence-corrected chi connectivity index (χ0v) is 8.47. The Morgan fingerprint density at radius 3 is 2.77 bits per heavy atom. The van der Waals surface area contributed by atoms with Crippen LogP contribution < -0.4 is 5.32 Å². The zero-order valence-electron chi connectivity index (χ0n) is 8.47. The largest absolute Gasteiger partial charge is 0.465 e. The SMILES string of the molecule is CCCNCC(=O)OCCCOC. The Labute approximate surface area is 79.6 Å². The summed E-state index contributed by atoms with van der Waals surface area (Å²) in [5, 5.41) is 2.97. The number of methoxy groups -OCH3 is 1. The number of carbonyl (C=O) groups is 1. The lowest BCUT2D eigenvalue weighted by Crippen LogP contribution is -2.25. The summed E-state index contributed by atoms with van der Waals surface area (Å²) < 4.78 is 9.72. The predicted octanol–water partition coefficient (Wildman–Crippen LogP) is 0.566. The number of hydrogen-bond donors (Lipinski definition) is 1. The Kier molecular flexibility index (Phi) is 9.03. The lowest BCUT2D eigenvalue weighted by Gasteiger charge is -2.04. The van der Waals surface area contributed by atoms with Crippen LogP contribution in [0.15, 0.2) is 0 Å². The molecule has 0 radical (unpaired) electrons. The third kappa shape index (κ3) is 9.30. The van der Waals surface area contributed by atoms with Crippen LogP contribution in [0.25, 0.3) is 0 Å². The predicted molar refractivity (Wildman–Crippen MR) is 50.6 cm³/mol. The summed E-state index contributed by atoms with van der Waals surface area (Å²) in [5.74, 6) is -0.190. The summed E-state index contributed by atoms with van der Waals surface area (Å²) in [4.78, 5) is 11.0. The fraction of sp³-hybridized carbons (Fsp3) is 0.889. The van der Waals surface area contributed by atoms with Crippen LogP contribution in [0.4, 0.5) is 0 Å². The van der Waals surface area contributed by atoms with Crippen molar-refractivity contribution in [2.45, 2.75) is 19.8 Å². The molecule has 0 aliphatic rings. The van der Waals surface area contributed by atoms with E-state index in [4.69, 9.17) is 9.47 Å². The normalized spacial score (nSPS) is 10.0. The van der Waals surface area contributed by atoms with Gasteiger partial charge in [-0.1, -0.05) is 6.92 Å². The summed E-state index contributed by atoms with van der Waals surface area (Å²) in [7, 11) is 1.63. The Morgan fingerprint density at radius 2 is 2.15 bits per heavy atom. The van der Waals surface area contributed by atoms with Gasteiger partial charge in [0.25, 0.3) is 0 Å². The van der Waals surface area contributed by atoms with E-state index in [0.29, 0.717) is 19.8 Å². The molecule has 0 bridgehead atoms. The van der Waals surface area contributed by atoms with E-state index in [9.17, 15) is 4.79 Å². The maximum Gasteiger partial charge on any atom is 0.319 e. The number of rotatable bonds is 8. The Bertz CT molecular complexity index is 128. The van der Waals surface area contributed by atoms with E-state index in [1.807, 2.05) is 0 Å². The first-order valence-electron chi connectivity index (χ1n) is 4.66. The van der Waals surface area contributed by atoms with E-state index < -0.39 is 0 Å². The minimum Gasteiger partial charge on any atom is -0.465 e. The monoisotopic (exact) mass is 189 g/mol. The van der Waals surface area contributed by atoms with Crippen LogP contribution in [-0.2, 0) is 14.3 Å². The van der Waals surface area contributed by atoms with E-state index >= 15 is 0 Å². The molecule has 0 unspecified atom stereocenters. The summed E-state index contributed by atoms with van der Waals surface area (Å²) in [6.45, 7) is 4.29. The number of nitrogens with one attached hydrogen (secondary N) is 1. The van der Waals surface area contributed by atoms with Gasteiger partial charge in [0.05, 0.1) is 13.2 Å². The van der Waals surface area contributed by atoms with Gasteiger partial charge in [0.1, 0.15) is 0 Å². The minimum absolute atomic E-state index is 0.190. The van der Waals surface area contributed by atoms with Crippen molar-refractivity contribution < 1.29 is 14.3 Å². The van der Waals surface area contributed by atoms with Crippen molar-refractivity contribution >= 4 is 5.97 Å². The quantitative estimate of drug-likeness (QED) is 0.448. The second-order valence-electron chi connectivity index (χ2n) is 2.74. The fourth-order valence-corrected chi connectivity index (χ4v) is 0.808. The molecule has 0 rings (SSSR count). The molecule has 0 aromatic carbocycles. The van der Waals surface area contributed by atoms with Gasteiger partial charge in [-0.2, -0.15) is 0 Å². The molecule has 78 valence electrons. The van der Waals surface area contributed by atoms with Crippen molar-refractivity contribution in [1.29, 1.82) is 0 Å². The number of esters is 1. The lowest BCUT2D eigenvalue weighted by molar-refractivity contribution is -0.142. The summed E-state index contributed by atoms with van der Waals surface area (Å²) >= 11 is 0. The van der Waals surface area contributed by atoms with E-state index in [1.165, 1.54) is 0 Å². The minimum atomic E-state index is -0.190. The van der Waals surface area contributed by atoms with Gasteiger partial charge in [-0.05, 0) is 13.0 Å². The molecule has 0 aromatic rings. The molecule has 0 atom stereocenters. The van der Waals surface area contributed by atoms with Gasteiger partial charge in [-0.15, -0.1) is 0 Å². The molecule has 13 heavy (non-hydrogen) atoms. The molecule has 0 aliphatic carbocycles. The first-order chi connectivity index (χ1) is 6.31. The van der Waals surface area contributed by atoms with Gasteiger partial charge in [0, 0.05) is 20.1 Å². The third-order valence-corrected chi connectivity index (χ3v) is 1.45. The maximum atomic E-state index is 11.0. The van der Waals surface area contributed by atoms with Gasteiger partial charge >= 0.3 is 5.97 Å². The van der Waals surface area contributed by atoms with Crippen LogP contribution in [0.5, 0.6) is 0 Å². The average Bonchev–Trinajstić information content (AvgIpc) is 2.13. The molecule has 0 spiro atoms. The highest BCUT2D eigenvalue weighted by Crippen LogP contribution is 1.84. The van der Waals surface area contributed by atoms with Crippen LogP contribution in [-0.4, -0.2) is 39.4 Å². The highest BCUT2D eigenvalue weighted by Gasteiger charge is 1.99. The summed E-state index contributed by atoms with van der Waals surface area (Å²) in [5.41, 5.74) is 0. The van der Waals surface area contributed by atoms with Crippen molar-refractivity contribution in [3.8, 4) is 0 Å². The van der Waals surface area contributed by atoms with Gasteiger partial charge < -0.3 is 14.8 Å². The van der Waals surface area contributed by atoms with Crippen molar-refractivity contribution in [3.05, 3.63) is 0 Å². The van der Waals surface area contributed by atoms with Crippen molar-refractivity contribution in [1.82, 2.24) is 5.32 Å². The molecule has 0 fully saturated rings. The van der Waals surface area contributed by atoms with Gasteiger partial charge in [-0.3, -0.25) is 4.79 Å². The molecular formula is C9H19NO3. The molecule has 1 N–H and O–H groups in total. The maximum absolute atomic E-state index is 11.0. The van der Waals surface area contributed by atoms with Gasteiger partial charge in [0.2, 0.25) is 0 Å². The Balaban J connectivity index is 3.11. The standard InChI is InChI=1S/C9H19NO3/c1-3-5-10-8-9(11)13-7-4-6-12-2/h10H,3-8H2,1-2H3. The molecule has 0 aromatic heterocycles.